The van der Waals surface area contributed by atoms with Crippen molar-refractivity contribution in [2.45, 2.75) is 32.0 Å². The zero-order chi connectivity index (χ0) is 18.3. The van der Waals surface area contributed by atoms with E-state index in [1.165, 1.54) is 16.4 Å². The predicted molar refractivity (Wildman–Crippen MR) is 97.4 cm³/mol. The number of carbonyl (C=O) groups excluding carboxylic acids is 1. The maximum absolute atomic E-state index is 11.1. The molecule has 0 bridgehead atoms. The van der Waals surface area contributed by atoms with Crippen LogP contribution in [0.15, 0.2) is 19.7 Å². The van der Waals surface area contributed by atoms with Gasteiger partial charge in [-0.3, -0.25) is 29.2 Å². The number of carbonyl (C=O) groups is 1. The van der Waals surface area contributed by atoms with Gasteiger partial charge in [-0.15, -0.1) is 0 Å². The number of amidine groups is 1. The van der Waals surface area contributed by atoms with Crippen molar-refractivity contribution >= 4 is 34.6 Å². The lowest BCUT2D eigenvalue weighted by Crippen LogP contribution is -2.50. The van der Waals surface area contributed by atoms with Crippen molar-refractivity contribution < 1.29 is 4.79 Å². The number of hydrogen-bond acceptors (Lipinski definition) is 8. The molecule has 2 rings (SSSR count). The average Bonchev–Trinajstić information content (AvgIpc) is 2.51. The van der Waals surface area contributed by atoms with Crippen LogP contribution in [0.1, 0.15) is 20.8 Å². The van der Waals surface area contributed by atoms with Crippen molar-refractivity contribution in [1.82, 2.24) is 25.2 Å². The highest BCUT2D eigenvalue weighted by atomic mass is 32.2. The number of aliphatic imine (C=N–C) groups is 1. The molecule has 2 heterocycles. The number of H-pyrrole nitrogens is 1. The van der Waals surface area contributed by atoms with Gasteiger partial charge in [-0.25, -0.2) is 5.43 Å². The summed E-state index contributed by atoms with van der Waals surface area (Å²) in [6, 6.07) is -0.198. The Kier molecular flexibility index (Phi) is 8.22. The van der Waals surface area contributed by atoms with Crippen LogP contribution in [-0.2, 0) is 11.8 Å². The van der Waals surface area contributed by atoms with E-state index in [9.17, 15) is 14.4 Å². The molecule has 0 fully saturated rings. The number of nitrogens with zero attached hydrogens (tertiary/aromatic N) is 4. The molecule has 1 aromatic heterocycles. The van der Waals surface area contributed by atoms with Gasteiger partial charge in [-0.2, -0.15) is 9.98 Å². The first-order valence-electron chi connectivity index (χ1n) is 7.35. The molecule has 1 aromatic rings. The second-order valence-corrected chi connectivity index (χ2v) is 7.17. The van der Waals surface area contributed by atoms with Gasteiger partial charge in [0.1, 0.15) is 6.04 Å². The molecule has 1 aliphatic heterocycles. The van der Waals surface area contributed by atoms with Gasteiger partial charge in [-0.05, 0) is 18.4 Å². The molecule has 9 nitrogen and oxygen atoms in total. The van der Waals surface area contributed by atoms with Crippen molar-refractivity contribution in [3.63, 3.8) is 0 Å². The fraction of sp³-hybridized carbons (Fsp3) is 0.615. The van der Waals surface area contributed by atoms with Gasteiger partial charge >= 0.3 is 11.1 Å². The van der Waals surface area contributed by atoms with Gasteiger partial charge in [0.15, 0.2) is 10.3 Å². The number of rotatable bonds is 3. The summed E-state index contributed by atoms with van der Waals surface area (Å²) in [6.45, 7) is 5.78. The van der Waals surface area contributed by atoms with Crippen LogP contribution in [0.4, 0.5) is 0 Å². The Hall–Kier alpha value is -1.59. The number of amides is 1. The summed E-state index contributed by atoms with van der Waals surface area (Å²) in [4.78, 5) is 40.2. The minimum atomic E-state index is -0.732. The summed E-state index contributed by atoms with van der Waals surface area (Å²) in [5, 5.41) is 5.43. The summed E-state index contributed by atoms with van der Waals surface area (Å²) in [5.74, 6) is 1.64. The number of hydrazine groups is 1. The van der Waals surface area contributed by atoms with E-state index < -0.39 is 11.1 Å². The Morgan fingerprint density at radius 3 is 2.33 bits per heavy atom. The molecular weight excluding hydrogens is 352 g/mol. The Bertz CT molecular complexity index is 714. The van der Waals surface area contributed by atoms with Gasteiger partial charge in [0.2, 0.25) is 0 Å². The molecule has 0 spiro atoms. The third kappa shape index (κ3) is 5.80. The zero-order valence-corrected chi connectivity index (χ0v) is 16.0. The molecule has 1 atom stereocenters. The normalized spacial score (nSPS) is 17.2. The molecule has 11 heteroatoms. The third-order valence-corrected chi connectivity index (χ3v) is 4.57. The van der Waals surface area contributed by atoms with Crippen LogP contribution in [0.3, 0.4) is 0 Å². The Balaban J connectivity index is 0.000000240. The minimum absolute atomic E-state index is 0.0935. The van der Waals surface area contributed by atoms with Gasteiger partial charge in [-0.1, -0.05) is 37.4 Å². The molecule has 0 radical (unpaired) electrons. The second-order valence-electron chi connectivity index (χ2n) is 4.71. The van der Waals surface area contributed by atoms with Crippen LogP contribution in [0.5, 0.6) is 0 Å². The topological polar surface area (TPSA) is 112 Å². The Morgan fingerprint density at radius 2 is 1.75 bits per heavy atom. The van der Waals surface area contributed by atoms with Gasteiger partial charge in [0.05, 0.1) is 0 Å². The molecule has 134 valence electrons. The van der Waals surface area contributed by atoms with Crippen molar-refractivity contribution in [3.05, 3.63) is 20.7 Å². The van der Waals surface area contributed by atoms with E-state index in [-0.39, 0.29) is 11.9 Å². The van der Waals surface area contributed by atoms with Crippen molar-refractivity contribution in [3.8, 4) is 0 Å². The maximum Gasteiger partial charge on any atom is 0.339 e. The summed E-state index contributed by atoms with van der Waals surface area (Å²) < 4.78 is 1.44. The predicted octanol–water partition coefficient (Wildman–Crippen LogP) is 0.0412. The number of thioether (sulfide) groups is 2. The molecule has 0 aromatic carbocycles. The largest absolute Gasteiger partial charge is 0.339 e. The standard InChI is InChI=1S/C7H13N3OS.C6H9N3O2S/c1-4-12-7-8-6(11)5(2)9-10(7)3;1-3-12-6-7-4(10)5(11)8-9(6)2/h5,9H,4H2,1-3H3;3H2,1-2H3,(H,8,11). The average molecular weight is 374 g/mol. The van der Waals surface area contributed by atoms with Gasteiger partial charge < -0.3 is 0 Å². The summed E-state index contributed by atoms with van der Waals surface area (Å²) >= 11 is 2.97. The van der Waals surface area contributed by atoms with Gasteiger partial charge in [0, 0.05) is 14.1 Å². The van der Waals surface area contributed by atoms with Crippen LogP contribution >= 0.6 is 23.5 Å². The highest BCUT2D eigenvalue weighted by Gasteiger charge is 2.22. The van der Waals surface area contributed by atoms with Crippen LogP contribution in [-0.4, -0.2) is 55.4 Å². The minimum Gasteiger partial charge on any atom is -0.289 e. The van der Waals surface area contributed by atoms with E-state index in [2.05, 4.69) is 20.5 Å². The highest BCUT2D eigenvalue weighted by molar-refractivity contribution is 8.13. The smallest absolute Gasteiger partial charge is 0.289 e. The zero-order valence-electron chi connectivity index (χ0n) is 14.3. The Morgan fingerprint density at radius 1 is 1.12 bits per heavy atom. The summed E-state index contributed by atoms with van der Waals surface area (Å²) in [5.41, 5.74) is 1.58. The molecule has 24 heavy (non-hydrogen) atoms. The molecule has 1 aliphatic rings. The number of nitrogens with one attached hydrogen (secondary N) is 2. The lowest BCUT2D eigenvalue weighted by Gasteiger charge is -2.28. The maximum atomic E-state index is 11.1. The van der Waals surface area contributed by atoms with Crippen LogP contribution < -0.4 is 16.5 Å². The lowest BCUT2D eigenvalue weighted by atomic mass is 10.3. The van der Waals surface area contributed by atoms with Crippen LogP contribution in [0.2, 0.25) is 0 Å². The summed E-state index contributed by atoms with van der Waals surface area (Å²) in [7, 11) is 3.51. The molecule has 2 N–H and O–H groups in total. The van der Waals surface area contributed by atoms with E-state index in [4.69, 9.17) is 0 Å². The lowest BCUT2D eigenvalue weighted by molar-refractivity contribution is -0.120. The van der Waals surface area contributed by atoms with Crippen LogP contribution in [0.25, 0.3) is 0 Å². The second kappa shape index (κ2) is 9.64. The molecule has 0 aliphatic carbocycles. The highest BCUT2D eigenvalue weighted by Crippen LogP contribution is 2.10. The SMILES string of the molecule is CCSC1=NC(=O)C(C)NN1C.CCSc1nc(=O)c(=O)[nH]n1C. The molecule has 0 saturated carbocycles. The third-order valence-electron chi connectivity index (χ3n) is 2.74. The van der Waals surface area contributed by atoms with Crippen molar-refractivity contribution in [2.75, 3.05) is 18.6 Å². The quantitative estimate of drug-likeness (QED) is 0.563. The number of aromatic nitrogens is 3. The van der Waals surface area contributed by atoms with E-state index in [0.717, 1.165) is 16.7 Å². The van der Waals surface area contributed by atoms with E-state index in [0.29, 0.717) is 5.16 Å². The molecule has 1 amide bonds. The number of hydrogen-bond donors (Lipinski definition) is 2. The number of aromatic amines is 1. The fourth-order valence-electron chi connectivity index (χ4n) is 1.64. The van der Waals surface area contributed by atoms with Crippen molar-refractivity contribution in [1.29, 1.82) is 0 Å². The fourth-order valence-corrected chi connectivity index (χ4v) is 2.95. The summed E-state index contributed by atoms with van der Waals surface area (Å²) in [6.07, 6.45) is 0. The van der Waals surface area contributed by atoms with Crippen LogP contribution in [0, 0.1) is 0 Å². The Labute approximate surface area is 148 Å². The first-order chi connectivity index (χ1) is 11.3. The number of aryl methyl sites for hydroxylation is 1. The van der Waals surface area contributed by atoms with E-state index >= 15 is 0 Å². The first kappa shape index (κ1) is 20.5. The van der Waals surface area contributed by atoms with E-state index in [1.54, 1.807) is 30.7 Å². The van der Waals surface area contributed by atoms with Gasteiger partial charge in [0.25, 0.3) is 5.91 Å². The van der Waals surface area contributed by atoms with E-state index in [1.807, 2.05) is 20.9 Å². The molecule has 0 saturated heterocycles. The molecule has 1 unspecified atom stereocenters. The van der Waals surface area contributed by atoms with Crippen molar-refractivity contribution in [2.24, 2.45) is 12.0 Å². The first-order valence-corrected chi connectivity index (χ1v) is 9.32. The molecular formula is C13H22N6O3S2. The monoisotopic (exact) mass is 374 g/mol.